The van der Waals surface area contributed by atoms with Crippen molar-refractivity contribution in [3.8, 4) is 0 Å². The summed E-state index contributed by atoms with van der Waals surface area (Å²) in [6, 6.07) is 2.11. The lowest BCUT2D eigenvalue weighted by Gasteiger charge is -2.06. The Bertz CT molecular complexity index is 474. The van der Waals surface area contributed by atoms with Gasteiger partial charge in [0.2, 0.25) is 0 Å². The molecule has 0 saturated carbocycles. The van der Waals surface area contributed by atoms with E-state index in [1.165, 1.54) is 0 Å². The number of ketones is 1. The van der Waals surface area contributed by atoms with E-state index in [4.69, 9.17) is 0 Å². The first kappa shape index (κ1) is 13.8. The average Bonchev–Trinajstić information content (AvgIpc) is 2.22. The Kier molecular flexibility index (Phi) is 4.34. The summed E-state index contributed by atoms with van der Waals surface area (Å²) in [6.07, 6.45) is -0.127. The zero-order valence-corrected chi connectivity index (χ0v) is 11.0. The lowest BCUT2D eigenvalue weighted by molar-refractivity contribution is -0.385. The largest absolute Gasteiger partial charge is 0.299 e. The van der Waals surface area contributed by atoms with Crippen LogP contribution >= 0.6 is 15.9 Å². The number of hydrogen-bond acceptors (Lipinski definition) is 3. The minimum atomic E-state index is -0.618. The molecule has 0 heterocycles. The summed E-state index contributed by atoms with van der Waals surface area (Å²) in [5.74, 6) is -1.00. The molecule has 1 rings (SSSR count). The van der Waals surface area contributed by atoms with Crippen molar-refractivity contribution < 1.29 is 14.1 Å². The Hall–Kier alpha value is -1.30. The second-order valence-corrected chi connectivity index (χ2v) is 4.80. The fourth-order valence-electron chi connectivity index (χ4n) is 1.28. The Morgan fingerprint density at radius 1 is 1.53 bits per heavy atom. The highest BCUT2D eigenvalue weighted by Crippen LogP contribution is 2.27. The highest BCUT2D eigenvalue weighted by molar-refractivity contribution is 9.10. The molecule has 0 N–H and O–H groups in total. The van der Waals surface area contributed by atoms with Crippen molar-refractivity contribution in [3.05, 3.63) is 38.1 Å². The van der Waals surface area contributed by atoms with Crippen molar-refractivity contribution >= 4 is 27.4 Å². The van der Waals surface area contributed by atoms with E-state index in [0.29, 0.717) is 0 Å². The SMILES string of the molecule is CC(C)C(=O)Cc1cc(F)c(Br)cc1[N+](=O)[O-]. The number of benzene rings is 1. The minimum Gasteiger partial charge on any atom is -0.299 e. The summed E-state index contributed by atoms with van der Waals surface area (Å²) >= 11 is 2.88. The number of halogens is 2. The molecule has 0 aliphatic rings. The molecule has 0 bridgehead atoms. The molecule has 0 unspecified atom stereocenters. The first-order valence-electron chi connectivity index (χ1n) is 4.98. The van der Waals surface area contributed by atoms with Crippen molar-refractivity contribution in [2.24, 2.45) is 5.92 Å². The van der Waals surface area contributed by atoms with E-state index in [9.17, 15) is 19.3 Å². The normalized spacial score (nSPS) is 10.6. The van der Waals surface area contributed by atoms with Gasteiger partial charge in [-0.1, -0.05) is 13.8 Å². The van der Waals surface area contributed by atoms with E-state index < -0.39 is 10.7 Å². The predicted octanol–water partition coefficient (Wildman–Crippen LogP) is 3.26. The van der Waals surface area contributed by atoms with Gasteiger partial charge in [-0.15, -0.1) is 0 Å². The lowest BCUT2D eigenvalue weighted by Crippen LogP contribution is -2.11. The van der Waals surface area contributed by atoms with E-state index in [-0.39, 0.29) is 33.8 Å². The van der Waals surface area contributed by atoms with Gasteiger partial charge < -0.3 is 0 Å². The van der Waals surface area contributed by atoms with Gasteiger partial charge in [-0.25, -0.2) is 4.39 Å². The second kappa shape index (κ2) is 5.35. The maximum absolute atomic E-state index is 13.3. The van der Waals surface area contributed by atoms with E-state index in [0.717, 1.165) is 12.1 Å². The van der Waals surface area contributed by atoms with Gasteiger partial charge in [-0.05, 0) is 22.0 Å². The Morgan fingerprint density at radius 3 is 2.59 bits per heavy atom. The van der Waals surface area contributed by atoms with E-state index in [2.05, 4.69) is 15.9 Å². The third-order valence-electron chi connectivity index (χ3n) is 2.33. The molecule has 0 fully saturated rings. The highest BCUT2D eigenvalue weighted by Gasteiger charge is 2.20. The van der Waals surface area contributed by atoms with Gasteiger partial charge in [-0.3, -0.25) is 14.9 Å². The molecule has 92 valence electrons. The molecule has 0 saturated heterocycles. The Labute approximate surface area is 106 Å². The van der Waals surface area contributed by atoms with Crippen LogP contribution in [0.1, 0.15) is 19.4 Å². The number of nitro benzene ring substituents is 1. The standard InChI is InChI=1S/C11H11BrFNO3/c1-6(2)11(15)4-7-3-9(13)8(12)5-10(7)14(16)17/h3,5-6H,4H2,1-2H3. The van der Waals surface area contributed by atoms with Crippen LogP contribution in [0.15, 0.2) is 16.6 Å². The number of carbonyl (C=O) groups is 1. The molecule has 17 heavy (non-hydrogen) atoms. The van der Waals surface area contributed by atoms with Crippen LogP contribution in [0.5, 0.6) is 0 Å². The van der Waals surface area contributed by atoms with Gasteiger partial charge in [0.1, 0.15) is 11.6 Å². The summed E-state index contributed by atoms with van der Waals surface area (Å²) in [5.41, 5.74) is -0.137. The Morgan fingerprint density at radius 2 is 2.12 bits per heavy atom. The first-order valence-corrected chi connectivity index (χ1v) is 5.77. The van der Waals surface area contributed by atoms with E-state index in [1.807, 2.05) is 0 Å². The molecule has 1 aromatic carbocycles. The van der Waals surface area contributed by atoms with Gasteiger partial charge in [-0.2, -0.15) is 0 Å². The number of hydrogen-bond donors (Lipinski definition) is 0. The summed E-state index contributed by atoms with van der Waals surface area (Å²) in [6.45, 7) is 3.40. The fourth-order valence-corrected chi connectivity index (χ4v) is 1.61. The van der Waals surface area contributed by atoms with Crippen LogP contribution in [0.3, 0.4) is 0 Å². The van der Waals surface area contributed by atoms with Crippen LogP contribution in [0.2, 0.25) is 0 Å². The summed E-state index contributed by atoms with van der Waals surface area (Å²) in [7, 11) is 0. The van der Waals surface area contributed by atoms with Gasteiger partial charge in [0.25, 0.3) is 5.69 Å². The van der Waals surface area contributed by atoms with Crippen LogP contribution in [0.4, 0.5) is 10.1 Å². The summed E-state index contributed by atoms with van der Waals surface area (Å²) < 4.78 is 13.3. The van der Waals surface area contributed by atoms with Gasteiger partial charge in [0.05, 0.1) is 9.40 Å². The molecule has 0 amide bonds. The van der Waals surface area contributed by atoms with E-state index >= 15 is 0 Å². The van der Waals surface area contributed by atoms with Crippen molar-refractivity contribution in [1.29, 1.82) is 0 Å². The fraction of sp³-hybridized carbons (Fsp3) is 0.364. The number of nitro groups is 1. The average molecular weight is 304 g/mol. The molecule has 1 aromatic rings. The van der Waals surface area contributed by atoms with Crippen molar-refractivity contribution in [2.75, 3.05) is 0 Å². The third-order valence-corrected chi connectivity index (χ3v) is 2.93. The maximum atomic E-state index is 13.3. The summed E-state index contributed by atoms with van der Waals surface area (Å²) in [4.78, 5) is 21.7. The monoisotopic (exact) mass is 303 g/mol. The van der Waals surface area contributed by atoms with Crippen LogP contribution in [-0.2, 0) is 11.2 Å². The molecular formula is C11H11BrFNO3. The van der Waals surface area contributed by atoms with Crippen molar-refractivity contribution in [3.63, 3.8) is 0 Å². The van der Waals surface area contributed by atoms with Gasteiger partial charge in [0.15, 0.2) is 0 Å². The van der Waals surface area contributed by atoms with Crippen molar-refractivity contribution in [2.45, 2.75) is 20.3 Å². The number of nitrogens with zero attached hydrogens (tertiary/aromatic N) is 1. The highest BCUT2D eigenvalue weighted by atomic mass is 79.9. The molecule has 6 heteroatoms. The molecular weight excluding hydrogens is 293 g/mol. The quantitative estimate of drug-likeness (QED) is 0.633. The first-order chi connectivity index (χ1) is 7.82. The minimum absolute atomic E-state index is 0.0185. The molecule has 0 aliphatic carbocycles. The van der Waals surface area contributed by atoms with Crippen LogP contribution in [-0.4, -0.2) is 10.7 Å². The number of carbonyl (C=O) groups excluding carboxylic acids is 1. The van der Waals surface area contributed by atoms with Crippen molar-refractivity contribution in [1.82, 2.24) is 0 Å². The molecule has 4 nitrogen and oxygen atoms in total. The van der Waals surface area contributed by atoms with Crippen LogP contribution < -0.4 is 0 Å². The predicted molar refractivity (Wildman–Crippen MR) is 64.3 cm³/mol. The second-order valence-electron chi connectivity index (χ2n) is 3.95. The zero-order valence-electron chi connectivity index (χ0n) is 9.37. The zero-order chi connectivity index (χ0) is 13.2. The Balaban J connectivity index is 3.17. The van der Waals surface area contributed by atoms with Crippen LogP contribution in [0.25, 0.3) is 0 Å². The number of Topliss-reactive ketones (excluding diaryl/α,β-unsaturated/α-hetero) is 1. The summed E-state index contributed by atoms with van der Waals surface area (Å²) in [5, 5.41) is 10.8. The smallest absolute Gasteiger partial charge is 0.274 e. The lowest BCUT2D eigenvalue weighted by atomic mass is 10.00. The number of rotatable bonds is 4. The van der Waals surface area contributed by atoms with Gasteiger partial charge >= 0.3 is 0 Å². The topological polar surface area (TPSA) is 60.2 Å². The third kappa shape index (κ3) is 3.33. The molecule has 0 aliphatic heterocycles. The molecule has 0 aromatic heterocycles. The van der Waals surface area contributed by atoms with Gasteiger partial charge in [0, 0.05) is 24.0 Å². The molecule has 0 radical (unpaired) electrons. The van der Waals surface area contributed by atoms with E-state index in [1.54, 1.807) is 13.8 Å². The van der Waals surface area contributed by atoms with Crippen LogP contribution in [0, 0.1) is 21.8 Å². The maximum Gasteiger partial charge on any atom is 0.274 e. The molecule has 0 spiro atoms. The molecule has 0 atom stereocenters.